The summed E-state index contributed by atoms with van der Waals surface area (Å²) in [4.78, 5) is -0.0659. The van der Waals surface area contributed by atoms with E-state index in [1.807, 2.05) is 0 Å². The van der Waals surface area contributed by atoms with Gasteiger partial charge in [-0.2, -0.15) is 4.31 Å². The first-order valence-corrected chi connectivity index (χ1v) is 7.64. The molecule has 18 heavy (non-hydrogen) atoms. The average Bonchev–Trinajstić information content (AvgIpc) is 2.28. The number of halogens is 4. The number of nitrogens with zero attached hydrogens (tertiary/aromatic N) is 1. The molecule has 0 aliphatic carbocycles. The van der Waals surface area contributed by atoms with E-state index in [2.05, 4.69) is 15.9 Å². The predicted molar refractivity (Wildman–Crippen MR) is 69.5 cm³/mol. The Morgan fingerprint density at radius 3 is 2.56 bits per heavy atom. The van der Waals surface area contributed by atoms with Gasteiger partial charge in [0.2, 0.25) is 10.0 Å². The quantitative estimate of drug-likeness (QED) is 0.755. The molecule has 0 aliphatic rings. The zero-order valence-corrected chi connectivity index (χ0v) is 12.6. The number of hydrogen-bond acceptors (Lipinski definition) is 2. The summed E-state index contributed by atoms with van der Waals surface area (Å²) in [5, 5.41) is 0. The van der Waals surface area contributed by atoms with Gasteiger partial charge >= 0.3 is 0 Å². The molecule has 0 fully saturated rings. The highest BCUT2D eigenvalue weighted by Gasteiger charge is 2.25. The van der Waals surface area contributed by atoms with Crippen LogP contribution in [-0.4, -0.2) is 32.7 Å². The molecule has 0 N–H and O–H groups in total. The molecular weight excluding hydrogens is 352 g/mol. The van der Waals surface area contributed by atoms with Crippen LogP contribution in [0.25, 0.3) is 0 Å². The first-order valence-electron chi connectivity index (χ1n) is 4.88. The van der Waals surface area contributed by atoms with Crippen LogP contribution in [0.1, 0.15) is 5.56 Å². The van der Waals surface area contributed by atoms with Gasteiger partial charge < -0.3 is 0 Å². The zero-order chi connectivity index (χ0) is 13.9. The molecule has 0 saturated heterocycles. The number of rotatable bonds is 5. The van der Waals surface area contributed by atoms with Crippen LogP contribution in [0.4, 0.5) is 8.78 Å². The molecule has 102 valence electrons. The Morgan fingerprint density at radius 1 is 1.44 bits per heavy atom. The van der Waals surface area contributed by atoms with E-state index in [0.29, 0.717) is 14.3 Å². The second-order valence-electron chi connectivity index (χ2n) is 3.58. The molecule has 0 unspecified atom stereocenters. The van der Waals surface area contributed by atoms with Gasteiger partial charge in [-0.15, -0.1) is 11.6 Å². The summed E-state index contributed by atoms with van der Waals surface area (Å²) < 4.78 is 49.6. The van der Waals surface area contributed by atoms with E-state index < -0.39 is 23.0 Å². The largest absolute Gasteiger partial charge is 0.252 e. The number of alkyl halides is 3. The molecule has 1 aromatic rings. The van der Waals surface area contributed by atoms with Crippen molar-refractivity contribution in [3.63, 3.8) is 0 Å². The summed E-state index contributed by atoms with van der Waals surface area (Å²) in [6.45, 7) is -0.847. The Labute approximate surface area is 118 Å². The minimum Gasteiger partial charge on any atom is -0.209 e. The summed E-state index contributed by atoms with van der Waals surface area (Å²) in [7, 11) is -2.84. The van der Waals surface area contributed by atoms with E-state index in [1.165, 1.54) is 12.1 Å². The van der Waals surface area contributed by atoms with Crippen LogP contribution in [0.3, 0.4) is 0 Å². The Hall–Kier alpha value is -0.240. The van der Waals surface area contributed by atoms with Gasteiger partial charge in [0.05, 0.1) is 11.4 Å². The van der Waals surface area contributed by atoms with E-state index in [0.717, 1.165) is 7.05 Å². The second kappa shape index (κ2) is 6.27. The van der Waals surface area contributed by atoms with Crippen molar-refractivity contribution in [1.82, 2.24) is 4.31 Å². The van der Waals surface area contributed by atoms with E-state index in [4.69, 9.17) is 11.6 Å². The number of benzene rings is 1. The molecule has 8 heteroatoms. The highest BCUT2D eigenvalue weighted by atomic mass is 79.9. The Balaban J connectivity index is 3.19. The van der Waals surface area contributed by atoms with Crippen molar-refractivity contribution in [2.75, 3.05) is 13.6 Å². The van der Waals surface area contributed by atoms with E-state index in [9.17, 15) is 17.2 Å². The Bertz CT molecular complexity index is 525. The lowest BCUT2D eigenvalue weighted by molar-refractivity contribution is 0.126. The fourth-order valence-electron chi connectivity index (χ4n) is 1.29. The van der Waals surface area contributed by atoms with Crippen molar-refractivity contribution < 1.29 is 17.2 Å². The predicted octanol–water partition coefficient (Wildman–Crippen LogP) is 3.07. The first-order chi connectivity index (χ1) is 8.28. The SMILES string of the molecule is CN(CC(F)F)S(=O)(=O)c1cc(CCl)ccc1Br. The van der Waals surface area contributed by atoms with Crippen molar-refractivity contribution in [3.05, 3.63) is 28.2 Å². The zero-order valence-electron chi connectivity index (χ0n) is 9.41. The van der Waals surface area contributed by atoms with Crippen LogP contribution >= 0.6 is 27.5 Å². The maximum Gasteiger partial charge on any atom is 0.252 e. The third kappa shape index (κ3) is 3.63. The Kier molecular flexibility index (Phi) is 5.51. The minimum absolute atomic E-state index is 0.0659. The summed E-state index contributed by atoms with van der Waals surface area (Å²) in [6.07, 6.45) is -2.72. The van der Waals surface area contributed by atoms with Crippen LogP contribution in [0.2, 0.25) is 0 Å². The fourth-order valence-corrected chi connectivity index (χ4v) is 3.57. The average molecular weight is 363 g/mol. The third-order valence-electron chi connectivity index (χ3n) is 2.23. The summed E-state index contributed by atoms with van der Waals surface area (Å²) in [5.41, 5.74) is 0.601. The Morgan fingerprint density at radius 2 is 2.06 bits per heavy atom. The molecule has 0 radical (unpaired) electrons. The highest BCUT2D eigenvalue weighted by Crippen LogP contribution is 2.26. The van der Waals surface area contributed by atoms with E-state index in [-0.39, 0.29) is 10.8 Å². The lowest BCUT2D eigenvalue weighted by Crippen LogP contribution is -2.31. The standard InChI is InChI=1S/C10H11BrClF2NO2S/c1-15(6-10(13)14)18(16,17)9-4-7(5-12)2-3-8(9)11/h2-4,10H,5-6H2,1H3. The van der Waals surface area contributed by atoms with Crippen LogP contribution < -0.4 is 0 Å². The maximum atomic E-state index is 12.2. The van der Waals surface area contributed by atoms with Crippen molar-refractivity contribution >= 4 is 37.6 Å². The summed E-state index contributed by atoms with van der Waals surface area (Å²) in [5.74, 6) is 0.147. The fraction of sp³-hybridized carbons (Fsp3) is 0.400. The molecule has 0 amide bonds. The van der Waals surface area contributed by atoms with Gasteiger partial charge in [-0.25, -0.2) is 17.2 Å². The normalized spacial score (nSPS) is 12.4. The van der Waals surface area contributed by atoms with Gasteiger partial charge in [-0.05, 0) is 33.6 Å². The molecule has 1 rings (SSSR count). The molecule has 1 aromatic carbocycles. The second-order valence-corrected chi connectivity index (χ2v) is 6.71. The van der Waals surface area contributed by atoms with Crippen LogP contribution in [0.15, 0.2) is 27.6 Å². The van der Waals surface area contributed by atoms with Gasteiger partial charge in [0.15, 0.2) is 0 Å². The minimum atomic E-state index is -3.95. The smallest absolute Gasteiger partial charge is 0.209 e. The lowest BCUT2D eigenvalue weighted by atomic mass is 10.2. The molecule has 0 spiro atoms. The molecule has 0 heterocycles. The van der Waals surface area contributed by atoms with E-state index >= 15 is 0 Å². The summed E-state index contributed by atoms with van der Waals surface area (Å²) in [6, 6.07) is 4.55. The van der Waals surface area contributed by atoms with Crippen LogP contribution in [0, 0.1) is 0 Å². The monoisotopic (exact) mass is 361 g/mol. The van der Waals surface area contributed by atoms with Gasteiger partial charge in [-0.1, -0.05) is 6.07 Å². The van der Waals surface area contributed by atoms with Crippen LogP contribution in [0.5, 0.6) is 0 Å². The topological polar surface area (TPSA) is 37.4 Å². The summed E-state index contributed by atoms with van der Waals surface area (Å²) >= 11 is 8.72. The lowest BCUT2D eigenvalue weighted by Gasteiger charge is -2.18. The van der Waals surface area contributed by atoms with Crippen LogP contribution in [-0.2, 0) is 15.9 Å². The highest BCUT2D eigenvalue weighted by molar-refractivity contribution is 9.10. The molecule has 0 aliphatic heterocycles. The van der Waals surface area contributed by atoms with Gasteiger partial charge in [0.1, 0.15) is 0 Å². The van der Waals surface area contributed by atoms with Crippen molar-refractivity contribution in [1.29, 1.82) is 0 Å². The third-order valence-corrected chi connectivity index (χ3v) is 5.36. The molecule has 3 nitrogen and oxygen atoms in total. The molecular formula is C10H11BrClF2NO2S. The van der Waals surface area contributed by atoms with Crippen molar-refractivity contribution in [3.8, 4) is 0 Å². The van der Waals surface area contributed by atoms with Crippen molar-refractivity contribution in [2.45, 2.75) is 17.2 Å². The van der Waals surface area contributed by atoms with Gasteiger partial charge in [0.25, 0.3) is 6.43 Å². The molecule has 0 aromatic heterocycles. The molecule has 0 saturated carbocycles. The van der Waals surface area contributed by atoms with Gasteiger partial charge in [-0.3, -0.25) is 0 Å². The molecule has 0 bridgehead atoms. The first kappa shape index (κ1) is 15.8. The molecule has 0 atom stereocenters. The number of sulfonamides is 1. The number of hydrogen-bond donors (Lipinski definition) is 0. The van der Waals surface area contributed by atoms with Crippen molar-refractivity contribution in [2.24, 2.45) is 0 Å². The maximum absolute atomic E-state index is 12.2. The van der Waals surface area contributed by atoms with E-state index in [1.54, 1.807) is 6.07 Å². The van der Waals surface area contributed by atoms with Gasteiger partial charge in [0, 0.05) is 17.4 Å².